The summed E-state index contributed by atoms with van der Waals surface area (Å²) in [4.78, 5) is 2.63. The molecule has 1 rings (SSSR count). The van der Waals surface area contributed by atoms with Gasteiger partial charge in [0, 0.05) is 19.6 Å². The van der Waals surface area contributed by atoms with Crippen molar-refractivity contribution in [3.8, 4) is 0 Å². The first kappa shape index (κ1) is 16.0. The topological polar surface area (TPSA) is 15.3 Å². The summed E-state index contributed by atoms with van der Waals surface area (Å²) in [6.07, 6.45) is 2.64. The van der Waals surface area contributed by atoms with E-state index in [1.165, 1.54) is 32.5 Å². The Morgan fingerprint density at radius 2 is 1.72 bits per heavy atom. The molecule has 108 valence electrons. The summed E-state index contributed by atoms with van der Waals surface area (Å²) < 4.78 is 0. The van der Waals surface area contributed by atoms with Gasteiger partial charge in [-0.15, -0.1) is 0 Å². The Morgan fingerprint density at radius 1 is 1.06 bits per heavy atom. The Morgan fingerprint density at radius 3 is 2.22 bits per heavy atom. The smallest absolute Gasteiger partial charge is 0.0107 e. The zero-order valence-corrected chi connectivity index (χ0v) is 13.5. The van der Waals surface area contributed by atoms with Crippen LogP contribution in [-0.2, 0) is 0 Å². The maximum absolute atomic E-state index is 3.58. The highest BCUT2D eigenvalue weighted by Gasteiger charge is 2.31. The Hall–Kier alpha value is -0.0800. The average molecular weight is 254 g/mol. The van der Waals surface area contributed by atoms with Crippen molar-refractivity contribution in [2.75, 3.05) is 32.7 Å². The average Bonchev–Trinajstić information content (AvgIpc) is 2.63. The molecule has 1 aliphatic heterocycles. The van der Waals surface area contributed by atoms with Gasteiger partial charge in [0.2, 0.25) is 0 Å². The molecule has 1 N–H and O–H groups in total. The van der Waals surface area contributed by atoms with E-state index in [4.69, 9.17) is 0 Å². The van der Waals surface area contributed by atoms with Gasteiger partial charge in [0.15, 0.2) is 0 Å². The lowest BCUT2D eigenvalue weighted by atomic mass is 9.80. The van der Waals surface area contributed by atoms with Gasteiger partial charge in [-0.25, -0.2) is 0 Å². The van der Waals surface area contributed by atoms with E-state index < -0.39 is 0 Å². The predicted molar refractivity (Wildman–Crippen MR) is 80.9 cm³/mol. The fraction of sp³-hybridized carbons (Fsp3) is 1.00. The van der Waals surface area contributed by atoms with E-state index in [0.29, 0.717) is 10.8 Å². The second kappa shape index (κ2) is 6.38. The van der Waals surface area contributed by atoms with Crippen LogP contribution < -0.4 is 5.32 Å². The lowest BCUT2D eigenvalue weighted by Gasteiger charge is -2.27. The molecule has 0 aromatic rings. The summed E-state index contributed by atoms with van der Waals surface area (Å²) in [5.74, 6) is 0.882. The third kappa shape index (κ3) is 6.19. The highest BCUT2D eigenvalue weighted by atomic mass is 15.2. The van der Waals surface area contributed by atoms with Gasteiger partial charge in [-0.1, -0.05) is 41.5 Å². The normalized spacial score (nSPS) is 22.7. The van der Waals surface area contributed by atoms with Crippen molar-refractivity contribution in [1.29, 1.82) is 0 Å². The Labute approximate surface area is 115 Å². The summed E-state index contributed by atoms with van der Waals surface area (Å²) in [5.41, 5.74) is 0.937. The van der Waals surface area contributed by atoms with Crippen molar-refractivity contribution < 1.29 is 0 Å². The Balaban J connectivity index is 2.08. The van der Waals surface area contributed by atoms with Crippen LogP contribution in [-0.4, -0.2) is 37.6 Å². The number of hydrogen-bond donors (Lipinski definition) is 1. The lowest BCUT2D eigenvalue weighted by Crippen LogP contribution is -2.33. The highest BCUT2D eigenvalue weighted by molar-refractivity contribution is 4.83. The lowest BCUT2D eigenvalue weighted by molar-refractivity contribution is 0.229. The second-order valence-corrected chi connectivity index (χ2v) is 8.21. The molecule has 18 heavy (non-hydrogen) atoms. The van der Waals surface area contributed by atoms with Crippen LogP contribution in [0.1, 0.15) is 54.4 Å². The molecule has 0 amide bonds. The molecule has 0 spiro atoms. The van der Waals surface area contributed by atoms with Gasteiger partial charge in [0.05, 0.1) is 0 Å². The first-order valence-corrected chi connectivity index (χ1v) is 7.61. The van der Waals surface area contributed by atoms with Gasteiger partial charge in [0.25, 0.3) is 0 Å². The van der Waals surface area contributed by atoms with Crippen molar-refractivity contribution in [2.24, 2.45) is 16.7 Å². The molecule has 0 aliphatic carbocycles. The molecular weight excluding hydrogens is 220 g/mol. The van der Waals surface area contributed by atoms with Crippen molar-refractivity contribution >= 4 is 0 Å². The number of likely N-dealkylation sites (tertiary alicyclic amines) is 1. The van der Waals surface area contributed by atoms with Gasteiger partial charge in [-0.3, -0.25) is 0 Å². The van der Waals surface area contributed by atoms with Crippen molar-refractivity contribution in [3.05, 3.63) is 0 Å². The molecule has 1 heterocycles. The van der Waals surface area contributed by atoms with Crippen LogP contribution in [0.5, 0.6) is 0 Å². The third-order valence-electron chi connectivity index (χ3n) is 4.15. The van der Waals surface area contributed by atoms with Gasteiger partial charge < -0.3 is 10.2 Å². The van der Waals surface area contributed by atoms with Gasteiger partial charge in [-0.2, -0.15) is 0 Å². The maximum Gasteiger partial charge on any atom is 0.0107 e. The summed E-state index contributed by atoms with van der Waals surface area (Å²) in [6.45, 7) is 20.2. The maximum atomic E-state index is 3.58. The Bertz CT molecular complexity index is 234. The van der Waals surface area contributed by atoms with E-state index in [9.17, 15) is 0 Å². The Kier molecular flexibility index (Phi) is 5.67. The molecule has 0 aromatic heterocycles. The monoisotopic (exact) mass is 254 g/mol. The minimum Gasteiger partial charge on any atom is -0.315 e. The van der Waals surface area contributed by atoms with E-state index in [2.05, 4.69) is 51.8 Å². The van der Waals surface area contributed by atoms with E-state index in [1.807, 2.05) is 0 Å². The standard InChI is InChI=1S/C16H34N2/c1-15(2,3)8-9-17-10-12-18-11-7-14(13-18)16(4,5)6/h14,17H,7-13H2,1-6H3. The van der Waals surface area contributed by atoms with Crippen LogP contribution in [0.25, 0.3) is 0 Å². The quantitative estimate of drug-likeness (QED) is 0.757. The minimum absolute atomic E-state index is 0.456. The molecule has 1 unspecified atom stereocenters. The van der Waals surface area contributed by atoms with Crippen LogP contribution >= 0.6 is 0 Å². The fourth-order valence-electron chi connectivity index (χ4n) is 2.57. The van der Waals surface area contributed by atoms with E-state index in [-0.39, 0.29) is 0 Å². The van der Waals surface area contributed by atoms with Crippen LogP contribution in [0.4, 0.5) is 0 Å². The molecule has 2 nitrogen and oxygen atoms in total. The minimum atomic E-state index is 0.456. The van der Waals surface area contributed by atoms with E-state index in [0.717, 1.165) is 19.0 Å². The molecule has 1 atom stereocenters. The van der Waals surface area contributed by atoms with Gasteiger partial charge in [0.1, 0.15) is 0 Å². The van der Waals surface area contributed by atoms with Crippen LogP contribution in [0.3, 0.4) is 0 Å². The van der Waals surface area contributed by atoms with Crippen molar-refractivity contribution in [1.82, 2.24) is 10.2 Å². The number of hydrogen-bond acceptors (Lipinski definition) is 2. The molecule has 1 aliphatic rings. The second-order valence-electron chi connectivity index (χ2n) is 8.21. The number of nitrogens with zero attached hydrogens (tertiary/aromatic N) is 1. The number of rotatable bonds is 5. The highest BCUT2D eigenvalue weighted by Crippen LogP contribution is 2.33. The van der Waals surface area contributed by atoms with Gasteiger partial charge in [-0.05, 0) is 42.7 Å². The molecule has 0 saturated carbocycles. The molecule has 1 saturated heterocycles. The van der Waals surface area contributed by atoms with Crippen molar-refractivity contribution in [3.63, 3.8) is 0 Å². The molecule has 0 radical (unpaired) electrons. The van der Waals surface area contributed by atoms with Crippen LogP contribution in [0.15, 0.2) is 0 Å². The summed E-state index contributed by atoms with van der Waals surface area (Å²) in [7, 11) is 0. The number of nitrogens with one attached hydrogen (secondary N) is 1. The fourth-order valence-corrected chi connectivity index (χ4v) is 2.57. The molecule has 0 bridgehead atoms. The van der Waals surface area contributed by atoms with E-state index >= 15 is 0 Å². The SMILES string of the molecule is CC(C)(C)CCNCCN1CCC(C(C)(C)C)C1. The predicted octanol–water partition coefficient (Wildman–Crippen LogP) is 3.38. The molecule has 1 fully saturated rings. The van der Waals surface area contributed by atoms with Crippen LogP contribution in [0, 0.1) is 16.7 Å². The first-order chi connectivity index (χ1) is 8.18. The zero-order chi connectivity index (χ0) is 13.8. The zero-order valence-electron chi connectivity index (χ0n) is 13.5. The molecular formula is C16H34N2. The largest absolute Gasteiger partial charge is 0.315 e. The van der Waals surface area contributed by atoms with Crippen LogP contribution in [0.2, 0.25) is 0 Å². The summed E-state index contributed by atoms with van der Waals surface area (Å²) in [5, 5.41) is 3.58. The van der Waals surface area contributed by atoms with E-state index in [1.54, 1.807) is 0 Å². The summed E-state index contributed by atoms with van der Waals surface area (Å²) in [6, 6.07) is 0. The first-order valence-electron chi connectivity index (χ1n) is 7.61. The van der Waals surface area contributed by atoms with Gasteiger partial charge >= 0.3 is 0 Å². The third-order valence-corrected chi connectivity index (χ3v) is 4.15. The summed E-state index contributed by atoms with van der Waals surface area (Å²) >= 11 is 0. The van der Waals surface area contributed by atoms with Crippen molar-refractivity contribution in [2.45, 2.75) is 54.4 Å². The molecule has 2 heteroatoms. The molecule has 0 aromatic carbocycles.